The highest BCUT2D eigenvalue weighted by molar-refractivity contribution is 5.62. The Kier molecular flexibility index (Phi) is 3.31. The third kappa shape index (κ3) is 2.69. The molecular formula is C14H12N4. The van der Waals surface area contributed by atoms with Crippen LogP contribution in [0.25, 0.3) is 0 Å². The largest absolute Gasteiger partial charge is 0.399 e. The van der Waals surface area contributed by atoms with Crippen LogP contribution in [0.2, 0.25) is 0 Å². The van der Waals surface area contributed by atoms with Crippen molar-refractivity contribution >= 4 is 11.4 Å². The molecule has 0 heterocycles. The minimum absolute atomic E-state index is 0.530. The van der Waals surface area contributed by atoms with E-state index in [1.165, 1.54) is 0 Å². The van der Waals surface area contributed by atoms with Crippen LogP contribution in [-0.2, 0) is 0 Å². The second kappa shape index (κ2) is 5.07. The van der Waals surface area contributed by atoms with Crippen molar-refractivity contribution in [2.75, 3.05) is 11.1 Å². The molecule has 0 radical (unpaired) electrons. The molecule has 0 amide bonds. The lowest BCUT2D eigenvalue weighted by atomic mass is 10.0. The van der Waals surface area contributed by atoms with Crippen molar-refractivity contribution in [1.82, 2.24) is 0 Å². The molecule has 0 fully saturated rings. The maximum Gasteiger partial charge on any atom is 0.0993 e. The first kappa shape index (κ1) is 11.8. The number of anilines is 2. The molecule has 4 nitrogen and oxygen atoms in total. The topological polar surface area (TPSA) is 85.6 Å². The van der Waals surface area contributed by atoms with Crippen molar-refractivity contribution in [1.29, 1.82) is 10.5 Å². The second-order valence-electron chi connectivity index (χ2n) is 4.08. The first-order valence-electron chi connectivity index (χ1n) is 5.59. The molecule has 18 heavy (non-hydrogen) atoms. The van der Waals surface area contributed by atoms with Crippen molar-refractivity contribution in [3.8, 4) is 12.1 Å². The number of nitrogen functional groups attached to an aromatic ring is 1. The van der Waals surface area contributed by atoms with E-state index >= 15 is 0 Å². The Morgan fingerprint density at radius 2 is 1.89 bits per heavy atom. The summed E-state index contributed by atoms with van der Waals surface area (Å²) in [5, 5.41) is 20.8. The predicted molar refractivity (Wildman–Crippen MR) is 70.2 cm³/mol. The van der Waals surface area contributed by atoms with Gasteiger partial charge >= 0.3 is 0 Å². The van der Waals surface area contributed by atoms with Gasteiger partial charge < -0.3 is 11.1 Å². The van der Waals surface area contributed by atoms with E-state index in [1.807, 2.05) is 12.2 Å². The molecule has 88 valence electrons. The Labute approximate surface area is 106 Å². The van der Waals surface area contributed by atoms with Gasteiger partial charge in [0.2, 0.25) is 0 Å². The highest BCUT2D eigenvalue weighted by Crippen LogP contribution is 2.22. The van der Waals surface area contributed by atoms with Crippen molar-refractivity contribution in [3.63, 3.8) is 0 Å². The Morgan fingerprint density at radius 1 is 1.06 bits per heavy atom. The van der Waals surface area contributed by atoms with Gasteiger partial charge in [-0.2, -0.15) is 10.5 Å². The number of allylic oxidation sites excluding steroid dienone is 4. The lowest BCUT2D eigenvalue weighted by Crippen LogP contribution is -2.03. The molecule has 0 aliphatic heterocycles. The molecule has 0 bridgehead atoms. The van der Waals surface area contributed by atoms with E-state index in [2.05, 4.69) is 17.5 Å². The van der Waals surface area contributed by atoms with Crippen LogP contribution in [-0.4, -0.2) is 0 Å². The zero-order chi connectivity index (χ0) is 13.0. The van der Waals surface area contributed by atoms with Gasteiger partial charge in [0.1, 0.15) is 0 Å². The van der Waals surface area contributed by atoms with Crippen LogP contribution < -0.4 is 11.1 Å². The average molecular weight is 236 g/mol. The van der Waals surface area contributed by atoms with E-state index in [1.54, 1.807) is 18.2 Å². The summed E-state index contributed by atoms with van der Waals surface area (Å²) in [5.74, 6) is 0. The van der Waals surface area contributed by atoms with Gasteiger partial charge in [-0.1, -0.05) is 0 Å². The summed E-state index contributed by atoms with van der Waals surface area (Å²) in [5.41, 5.74) is 9.40. The van der Waals surface area contributed by atoms with E-state index in [-0.39, 0.29) is 0 Å². The number of nitriles is 2. The van der Waals surface area contributed by atoms with Gasteiger partial charge in [-0.15, -0.1) is 0 Å². The molecular weight excluding hydrogens is 224 g/mol. The fraction of sp³-hybridized carbons (Fsp3) is 0.143. The van der Waals surface area contributed by atoms with Gasteiger partial charge in [-0.3, -0.25) is 0 Å². The fourth-order valence-electron chi connectivity index (χ4n) is 1.81. The van der Waals surface area contributed by atoms with Crippen LogP contribution in [0.5, 0.6) is 0 Å². The lowest BCUT2D eigenvalue weighted by molar-refractivity contribution is 0.935. The number of hydrogen-bond acceptors (Lipinski definition) is 4. The molecule has 4 heteroatoms. The second-order valence-corrected chi connectivity index (χ2v) is 4.08. The van der Waals surface area contributed by atoms with Crippen molar-refractivity contribution < 1.29 is 0 Å². The van der Waals surface area contributed by atoms with Crippen LogP contribution in [0.3, 0.4) is 0 Å². The quantitative estimate of drug-likeness (QED) is 0.773. The molecule has 0 spiro atoms. The van der Waals surface area contributed by atoms with Gasteiger partial charge in [0.05, 0.1) is 17.7 Å². The standard InChI is InChI=1S/C14H12N4/c15-8-10-1-3-13(4-2-10)18-14-6-11(9-16)5-12(17)7-14/h1,3,5-7,18H,2,4,17H2. The highest BCUT2D eigenvalue weighted by Gasteiger charge is 2.06. The van der Waals surface area contributed by atoms with Gasteiger partial charge in [0.25, 0.3) is 0 Å². The van der Waals surface area contributed by atoms with Crippen LogP contribution >= 0.6 is 0 Å². The van der Waals surface area contributed by atoms with Crippen LogP contribution in [0.15, 0.2) is 41.6 Å². The molecule has 1 aromatic carbocycles. The number of hydrogen-bond donors (Lipinski definition) is 2. The van der Waals surface area contributed by atoms with Gasteiger partial charge in [-0.25, -0.2) is 0 Å². The Hall–Kier alpha value is -2.72. The third-order valence-corrected chi connectivity index (χ3v) is 2.68. The summed E-state index contributed by atoms with van der Waals surface area (Å²) >= 11 is 0. The molecule has 1 aliphatic rings. The van der Waals surface area contributed by atoms with E-state index in [9.17, 15) is 0 Å². The van der Waals surface area contributed by atoms with Crippen LogP contribution in [0, 0.1) is 22.7 Å². The zero-order valence-corrected chi connectivity index (χ0v) is 9.77. The van der Waals surface area contributed by atoms with Crippen LogP contribution in [0.1, 0.15) is 18.4 Å². The molecule has 2 rings (SSSR count). The van der Waals surface area contributed by atoms with E-state index in [0.717, 1.165) is 29.8 Å². The van der Waals surface area contributed by atoms with Gasteiger partial charge in [0.15, 0.2) is 0 Å². The normalized spacial score (nSPS) is 13.9. The molecule has 1 aliphatic carbocycles. The number of nitrogens with two attached hydrogens (primary N) is 1. The number of nitrogens with one attached hydrogen (secondary N) is 1. The monoisotopic (exact) mass is 236 g/mol. The van der Waals surface area contributed by atoms with Crippen molar-refractivity contribution in [3.05, 3.63) is 47.2 Å². The maximum atomic E-state index is 8.87. The van der Waals surface area contributed by atoms with Crippen LogP contribution in [0.4, 0.5) is 11.4 Å². The fourth-order valence-corrected chi connectivity index (χ4v) is 1.81. The summed E-state index contributed by atoms with van der Waals surface area (Å²) in [6, 6.07) is 9.38. The van der Waals surface area contributed by atoms with E-state index in [4.69, 9.17) is 16.3 Å². The lowest BCUT2D eigenvalue weighted by Gasteiger charge is -2.14. The smallest absolute Gasteiger partial charge is 0.0993 e. The Balaban J connectivity index is 2.19. The van der Waals surface area contributed by atoms with Gasteiger partial charge in [0, 0.05) is 22.6 Å². The molecule has 0 aromatic heterocycles. The summed E-state index contributed by atoms with van der Waals surface area (Å²) in [6.07, 6.45) is 5.22. The Bertz CT molecular complexity index is 612. The highest BCUT2D eigenvalue weighted by atomic mass is 14.9. The molecule has 0 unspecified atom stereocenters. The maximum absolute atomic E-state index is 8.87. The minimum Gasteiger partial charge on any atom is -0.399 e. The summed E-state index contributed by atoms with van der Waals surface area (Å²) in [6.45, 7) is 0. The zero-order valence-electron chi connectivity index (χ0n) is 9.77. The first-order valence-corrected chi connectivity index (χ1v) is 5.59. The summed E-state index contributed by atoms with van der Waals surface area (Å²) in [7, 11) is 0. The van der Waals surface area contributed by atoms with E-state index < -0.39 is 0 Å². The van der Waals surface area contributed by atoms with Crippen molar-refractivity contribution in [2.45, 2.75) is 12.8 Å². The number of rotatable bonds is 2. The average Bonchev–Trinajstić information content (AvgIpc) is 2.39. The molecule has 1 aromatic rings. The predicted octanol–water partition coefficient (Wildman–Crippen LogP) is 2.68. The van der Waals surface area contributed by atoms with E-state index in [0.29, 0.717) is 11.3 Å². The summed E-state index contributed by atoms with van der Waals surface area (Å²) < 4.78 is 0. The minimum atomic E-state index is 0.530. The van der Waals surface area contributed by atoms with Gasteiger partial charge in [-0.05, 0) is 43.2 Å². The summed E-state index contributed by atoms with van der Waals surface area (Å²) in [4.78, 5) is 0. The molecule has 0 saturated heterocycles. The SMILES string of the molecule is N#CC1=CC=C(Nc2cc(N)cc(C#N)c2)CC1. The number of nitrogens with zero attached hydrogens (tertiary/aromatic N) is 2. The van der Waals surface area contributed by atoms with Crippen molar-refractivity contribution in [2.24, 2.45) is 0 Å². The third-order valence-electron chi connectivity index (χ3n) is 2.68. The Morgan fingerprint density at radius 3 is 2.50 bits per heavy atom. The molecule has 3 N–H and O–H groups in total. The molecule has 0 saturated carbocycles. The molecule has 0 atom stereocenters. The first-order chi connectivity index (χ1) is 8.71. The number of benzene rings is 1.